The number of carbonyl (C=O) groups excluding carboxylic acids is 2. The lowest BCUT2D eigenvalue weighted by atomic mass is 9.80. The van der Waals surface area contributed by atoms with Crippen LogP contribution in [-0.4, -0.2) is 82.8 Å². The molecule has 23 heteroatoms. The highest BCUT2D eigenvalue weighted by atomic mass is 35.5. The van der Waals surface area contributed by atoms with Crippen molar-refractivity contribution in [1.82, 2.24) is 19.1 Å². The van der Waals surface area contributed by atoms with Gasteiger partial charge in [0.2, 0.25) is 5.69 Å². The number of esters is 1. The van der Waals surface area contributed by atoms with Crippen LogP contribution >= 0.6 is 40.3 Å². The second-order valence-corrected chi connectivity index (χ2v) is 25.1. The molecule has 0 aliphatic carbocycles. The molecule has 2 aromatic heterocycles. The van der Waals surface area contributed by atoms with Gasteiger partial charge < -0.3 is 48.5 Å². The highest BCUT2D eigenvalue weighted by Crippen LogP contribution is 2.64. The van der Waals surface area contributed by atoms with Crippen molar-refractivity contribution < 1.29 is 47.1 Å². The summed E-state index contributed by atoms with van der Waals surface area (Å²) in [5, 5.41) is 3.51. The number of carbonyl (C=O) groups is 2. The predicted octanol–water partition coefficient (Wildman–Crippen LogP) is 9.73. The molecule has 0 bridgehead atoms. The first-order valence-electron chi connectivity index (χ1n) is 24.4. The zero-order valence-corrected chi connectivity index (χ0v) is 46.3. The molecule has 0 spiro atoms. The summed E-state index contributed by atoms with van der Waals surface area (Å²) < 4.78 is 53.8. The summed E-state index contributed by atoms with van der Waals surface area (Å²) in [6, 6.07) is 41.4. The van der Waals surface area contributed by atoms with Crippen LogP contribution in [0.5, 0.6) is 11.5 Å². The number of nitrogens with zero attached hydrogens (tertiary/aromatic N) is 4. The van der Waals surface area contributed by atoms with E-state index in [0.717, 1.165) is 16.7 Å². The molecular weight excluding hydrogens is 1100 g/mol. The molecule has 7 aromatic rings. The molecule has 2 aliphatic heterocycles. The molecule has 4 heterocycles. The van der Waals surface area contributed by atoms with Gasteiger partial charge in [0.05, 0.1) is 33.5 Å². The molecular formula is C55H53Cl2N6O12PS2. The standard InChI is InChI=1S/C55H53Cl2N6O12PS2/c1-34(64)72-44-29-50(62-26-24-48(58)59-53(62)66)74-47(44)32-71-76(77,78-33-36-14-19-40(56)28-43(36)57)75-45-30-51(63-27-25-49(61-54(63)67)60-52(65)35-10-6-4-7-11-35)73-46(45)31-70-55(37-12-8-5-9-13-37,38-15-20-41(68-2)21-16-38)39-17-22-42(69-3)23-18-39/h4-28,44-47,50-51H,29-33H2,1-3H3,(H2,58,59,66)(H,60,61,65,67)/t44-,45-,46+,47+,50+,51+,76?/m0/s1. The number of hydrogen-bond acceptors (Lipinski definition) is 17. The Morgan fingerprint density at radius 3 is 1.90 bits per heavy atom. The van der Waals surface area contributed by atoms with E-state index in [1.807, 2.05) is 78.9 Å². The molecule has 2 fully saturated rings. The smallest absolute Gasteiger partial charge is 0.351 e. The number of rotatable bonds is 21. The van der Waals surface area contributed by atoms with Gasteiger partial charge in [-0.2, -0.15) is 9.97 Å². The zero-order valence-electron chi connectivity index (χ0n) is 42.2. The lowest BCUT2D eigenvalue weighted by Crippen LogP contribution is -2.38. The topological polar surface area (TPSA) is 216 Å². The third-order valence-electron chi connectivity index (χ3n) is 13.0. The van der Waals surface area contributed by atoms with Crippen LogP contribution in [0, 0.1) is 0 Å². The Balaban J connectivity index is 1.08. The fraction of sp³-hybridized carbons (Fsp3) is 0.273. The number of nitrogens with one attached hydrogen (secondary N) is 1. The number of halogens is 2. The fourth-order valence-electron chi connectivity index (χ4n) is 9.11. The first-order valence-corrected chi connectivity index (χ1v) is 29.4. The molecule has 0 saturated carbocycles. The Hall–Kier alpha value is -6.42. The Bertz CT molecular complexity index is 3360. The lowest BCUT2D eigenvalue weighted by Gasteiger charge is -2.37. The molecule has 18 nitrogen and oxygen atoms in total. The van der Waals surface area contributed by atoms with Crippen LogP contribution in [0.25, 0.3) is 0 Å². The Morgan fingerprint density at radius 1 is 0.756 bits per heavy atom. The van der Waals surface area contributed by atoms with Gasteiger partial charge in [-0.15, -0.1) is 0 Å². The maximum Gasteiger partial charge on any atom is 0.351 e. The molecule has 7 atom stereocenters. The molecule has 5 aromatic carbocycles. The third-order valence-corrected chi connectivity index (χ3v) is 18.7. The van der Waals surface area contributed by atoms with Crippen molar-refractivity contribution in [3.63, 3.8) is 0 Å². The van der Waals surface area contributed by atoms with Crippen LogP contribution < -0.4 is 31.9 Å². The van der Waals surface area contributed by atoms with Crippen LogP contribution in [0.1, 0.15) is 64.8 Å². The van der Waals surface area contributed by atoms with E-state index in [-0.39, 0.29) is 43.4 Å². The van der Waals surface area contributed by atoms with E-state index in [9.17, 15) is 19.2 Å². The second kappa shape index (κ2) is 25.1. The number of nitrogens with two attached hydrogens (primary N) is 1. The molecule has 3 N–H and O–H groups in total. The van der Waals surface area contributed by atoms with Crippen molar-refractivity contribution in [1.29, 1.82) is 0 Å². The van der Waals surface area contributed by atoms with E-state index in [1.54, 1.807) is 62.8 Å². The van der Waals surface area contributed by atoms with Crippen molar-refractivity contribution in [2.45, 2.75) is 68.0 Å². The molecule has 2 aliphatic rings. The monoisotopic (exact) mass is 1150 g/mol. The van der Waals surface area contributed by atoms with Crippen molar-refractivity contribution >= 4 is 75.6 Å². The van der Waals surface area contributed by atoms with Gasteiger partial charge in [0.25, 0.3) is 5.91 Å². The number of amides is 1. The maximum atomic E-state index is 14.0. The summed E-state index contributed by atoms with van der Waals surface area (Å²) in [6.45, 7) is 0.857. The average molecular weight is 1160 g/mol. The number of hydrogen-bond donors (Lipinski definition) is 2. The number of benzene rings is 5. The minimum absolute atomic E-state index is 0.0286. The third kappa shape index (κ3) is 13.2. The molecule has 1 amide bonds. The maximum absolute atomic E-state index is 14.0. The van der Waals surface area contributed by atoms with Crippen LogP contribution in [0.15, 0.2) is 162 Å². The molecule has 406 valence electrons. The number of aromatic nitrogens is 4. The van der Waals surface area contributed by atoms with Crippen molar-refractivity contribution in [2.24, 2.45) is 0 Å². The lowest BCUT2D eigenvalue weighted by molar-refractivity contribution is -0.150. The number of methoxy groups -OCH3 is 2. The van der Waals surface area contributed by atoms with Gasteiger partial charge in [-0.1, -0.05) is 113 Å². The molecule has 2 saturated heterocycles. The summed E-state index contributed by atoms with van der Waals surface area (Å²) in [5.41, 5.74) is 2.80. The van der Waals surface area contributed by atoms with Crippen molar-refractivity contribution in [3.8, 4) is 11.5 Å². The van der Waals surface area contributed by atoms with E-state index in [4.69, 9.17) is 78.2 Å². The Morgan fingerprint density at radius 2 is 1.32 bits per heavy atom. The summed E-state index contributed by atoms with van der Waals surface area (Å²) in [4.78, 5) is 60.6. The van der Waals surface area contributed by atoms with Crippen LogP contribution in [0.2, 0.25) is 10.0 Å². The first-order chi connectivity index (χ1) is 37.6. The summed E-state index contributed by atoms with van der Waals surface area (Å²) in [5.74, 6) is 0.496. The first kappa shape index (κ1) is 56.3. The number of ether oxygens (including phenoxy) is 6. The SMILES string of the molecule is COc1ccc(C(OC[C@H]2O[C@@H](n3ccc(NC(=O)c4ccccc4)nc3=O)C[C@@H]2OP(=S)(OC[C@H]2O[C@@H](n3ccc(N)nc3=O)C[C@@H]2OC(C)=O)SCc2ccc(Cl)cc2Cl)(c2ccccc2)c2ccc(OC)cc2)cc1. The van der Waals surface area contributed by atoms with Gasteiger partial charge >= 0.3 is 17.3 Å². The Labute approximate surface area is 467 Å². The summed E-state index contributed by atoms with van der Waals surface area (Å²) in [7, 11) is 3.18. The number of nitrogen functional groups attached to an aromatic ring is 1. The van der Waals surface area contributed by atoms with Crippen LogP contribution in [0.4, 0.5) is 11.6 Å². The van der Waals surface area contributed by atoms with Gasteiger partial charge in [-0.05, 0) is 94.7 Å². The quantitative estimate of drug-likeness (QED) is 0.0389. The molecule has 78 heavy (non-hydrogen) atoms. The highest BCUT2D eigenvalue weighted by molar-refractivity contribution is 8.67. The molecule has 0 radical (unpaired) electrons. The van der Waals surface area contributed by atoms with E-state index in [2.05, 4.69) is 15.3 Å². The molecule has 1 unspecified atom stereocenters. The fourth-order valence-corrected chi connectivity index (χ4v) is 14.1. The molecule has 9 rings (SSSR count). The van der Waals surface area contributed by atoms with Gasteiger partial charge in [0, 0.05) is 53.5 Å². The summed E-state index contributed by atoms with van der Waals surface area (Å²) in [6.07, 6.45) is -2.58. The normalized spacial score (nSPS) is 19.9. The zero-order chi connectivity index (χ0) is 55.0. The number of anilines is 2. The average Bonchev–Trinajstić information content (AvgIpc) is 4.16. The van der Waals surface area contributed by atoms with Crippen molar-refractivity contribution in [3.05, 3.63) is 211 Å². The van der Waals surface area contributed by atoms with E-state index >= 15 is 0 Å². The van der Waals surface area contributed by atoms with Gasteiger partial charge in [0.1, 0.15) is 59.5 Å². The van der Waals surface area contributed by atoms with Crippen molar-refractivity contribution in [2.75, 3.05) is 38.5 Å². The van der Waals surface area contributed by atoms with E-state index < -0.39 is 71.4 Å². The van der Waals surface area contributed by atoms with Gasteiger partial charge in [-0.3, -0.25) is 18.7 Å². The summed E-state index contributed by atoms with van der Waals surface area (Å²) >= 11 is 20.7. The second-order valence-electron chi connectivity index (χ2n) is 18.0. The van der Waals surface area contributed by atoms with Crippen LogP contribution in [0.3, 0.4) is 0 Å². The minimum atomic E-state index is -3.64. The Kier molecular flexibility index (Phi) is 18.1. The van der Waals surface area contributed by atoms with Gasteiger partial charge in [-0.25, -0.2) is 9.59 Å². The largest absolute Gasteiger partial charge is 0.497 e. The predicted molar refractivity (Wildman–Crippen MR) is 300 cm³/mol. The van der Waals surface area contributed by atoms with E-state index in [0.29, 0.717) is 32.7 Å². The van der Waals surface area contributed by atoms with Crippen LogP contribution in [-0.2, 0) is 56.0 Å². The highest BCUT2D eigenvalue weighted by Gasteiger charge is 2.46. The minimum Gasteiger partial charge on any atom is -0.497 e. The van der Waals surface area contributed by atoms with E-state index in [1.165, 1.54) is 52.0 Å². The van der Waals surface area contributed by atoms with Gasteiger partial charge in [0.15, 0.2) is 0 Å².